The van der Waals surface area contributed by atoms with Crippen LogP contribution in [-0.4, -0.2) is 34.3 Å². The zero-order valence-electron chi connectivity index (χ0n) is 14.1. The number of nitrogens with zero attached hydrogens (tertiary/aromatic N) is 2. The van der Waals surface area contributed by atoms with Gasteiger partial charge in [-0.05, 0) is 55.0 Å². The van der Waals surface area contributed by atoms with Gasteiger partial charge in [-0.25, -0.2) is 4.99 Å². The van der Waals surface area contributed by atoms with Crippen LogP contribution in [0, 0.1) is 0 Å². The normalized spacial score (nSPS) is 15.3. The number of hydrogen-bond donors (Lipinski definition) is 3. The molecule has 0 bridgehead atoms. The van der Waals surface area contributed by atoms with Crippen LogP contribution in [0.3, 0.4) is 0 Å². The first-order valence-corrected chi connectivity index (χ1v) is 8.95. The number of hydrogen-bond acceptors (Lipinski definition) is 6. The summed E-state index contributed by atoms with van der Waals surface area (Å²) >= 11 is 1.49. The number of amides is 1. The Hall–Kier alpha value is -3.00. The average Bonchev–Trinajstić information content (AvgIpc) is 2.64. The Morgan fingerprint density at radius 2 is 2.12 bits per heavy atom. The third-order valence-corrected chi connectivity index (χ3v) is 4.48. The molecule has 0 atom stereocenters. The number of aliphatic imine (C=N–C) groups is 1. The number of carbonyl (C=O) groups is 1. The summed E-state index contributed by atoms with van der Waals surface area (Å²) < 4.78 is 5.41. The highest BCUT2D eigenvalue weighted by molar-refractivity contribution is 8.14. The Morgan fingerprint density at radius 3 is 2.73 bits per heavy atom. The summed E-state index contributed by atoms with van der Waals surface area (Å²) in [4.78, 5) is 15.8. The third-order valence-electron chi connectivity index (χ3n) is 3.61. The van der Waals surface area contributed by atoms with Gasteiger partial charge in [0.15, 0.2) is 5.17 Å². The molecule has 0 saturated heterocycles. The predicted octanol–water partition coefficient (Wildman–Crippen LogP) is 2.62. The van der Waals surface area contributed by atoms with Crippen LogP contribution in [0.25, 0.3) is 0 Å². The lowest BCUT2D eigenvalue weighted by atomic mass is 10.1. The fourth-order valence-corrected chi connectivity index (χ4v) is 3.12. The largest absolute Gasteiger partial charge is 0.507 e. The number of hydrazone groups is 1. The number of thioether (sulfide) groups is 1. The number of aromatic hydroxyl groups is 1. The van der Waals surface area contributed by atoms with Crippen molar-refractivity contribution in [3.8, 4) is 11.5 Å². The van der Waals surface area contributed by atoms with Gasteiger partial charge in [-0.15, -0.1) is 0 Å². The van der Waals surface area contributed by atoms with Crippen molar-refractivity contribution < 1.29 is 14.6 Å². The molecule has 1 amide bonds. The van der Waals surface area contributed by atoms with Crippen LogP contribution < -0.4 is 15.9 Å². The van der Waals surface area contributed by atoms with Crippen molar-refractivity contribution >= 4 is 34.2 Å². The molecule has 0 aromatic heterocycles. The summed E-state index contributed by atoms with van der Waals surface area (Å²) in [5.41, 5.74) is 10.5. The van der Waals surface area contributed by atoms with E-state index in [2.05, 4.69) is 15.5 Å². The maximum atomic E-state index is 11.4. The first-order valence-electron chi connectivity index (χ1n) is 7.97. The Morgan fingerprint density at radius 1 is 1.35 bits per heavy atom. The van der Waals surface area contributed by atoms with E-state index in [1.165, 1.54) is 23.9 Å². The second-order valence-electron chi connectivity index (χ2n) is 5.40. The number of ether oxygens (including phenoxy) is 1. The van der Waals surface area contributed by atoms with E-state index in [0.717, 1.165) is 22.7 Å². The van der Waals surface area contributed by atoms with Gasteiger partial charge < -0.3 is 15.6 Å². The van der Waals surface area contributed by atoms with Crippen molar-refractivity contribution in [3.05, 3.63) is 53.6 Å². The number of phenols is 1. The molecule has 26 heavy (non-hydrogen) atoms. The number of nitrogens with one attached hydrogen (secondary N) is 1. The molecular weight excluding hydrogens is 352 g/mol. The van der Waals surface area contributed by atoms with Crippen LogP contribution in [-0.2, 0) is 0 Å². The van der Waals surface area contributed by atoms with Crippen molar-refractivity contribution in [2.24, 2.45) is 15.8 Å². The zero-order valence-corrected chi connectivity index (χ0v) is 14.9. The van der Waals surface area contributed by atoms with Gasteiger partial charge in [-0.2, -0.15) is 5.10 Å². The Kier molecular flexibility index (Phi) is 5.43. The van der Waals surface area contributed by atoms with Gasteiger partial charge in [0.05, 0.1) is 23.6 Å². The van der Waals surface area contributed by atoms with Crippen molar-refractivity contribution in [1.82, 2.24) is 5.43 Å². The molecule has 1 heterocycles. The Bertz CT molecular complexity index is 879. The summed E-state index contributed by atoms with van der Waals surface area (Å²) in [7, 11) is 0. The molecule has 0 radical (unpaired) electrons. The molecule has 7 nitrogen and oxygen atoms in total. The van der Waals surface area contributed by atoms with E-state index in [-0.39, 0.29) is 11.3 Å². The SMILES string of the molecule is CCOc1ccc(N=C2NN=C(c3ccc(O)c(C(N)=O)c3)CS2)cc1. The van der Waals surface area contributed by atoms with Gasteiger partial charge in [-0.1, -0.05) is 11.8 Å². The molecule has 0 saturated carbocycles. The molecule has 1 aliphatic rings. The summed E-state index contributed by atoms with van der Waals surface area (Å²) in [5.74, 6) is 0.556. The summed E-state index contributed by atoms with van der Waals surface area (Å²) in [6.07, 6.45) is 0. The molecule has 3 rings (SSSR count). The minimum Gasteiger partial charge on any atom is -0.507 e. The van der Waals surface area contributed by atoms with Gasteiger partial charge in [0.25, 0.3) is 5.91 Å². The van der Waals surface area contributed by atoms with Gasteiger partial charge in [0, 0.05) is 5.75 Å². The van der Waals surface area contributed by atoms with Crippen LogP contribution in [0.5, 0.6) is 11.5 Å². The second-order valence-corrected chi connectivity index (χ2v) is 6.36. The van der Waals surface area contributed by atoms with E-state index < -0.39 is 5.91 Å². The summed E-state index contributed by atoms with van der Waals surface area (Å²) in [6, 6.07) is 12.1. The highest BCUT2D eigenvalue weighted by Crippen LogP contribution is 2.23. The molecule has 2 aromatic carbocycles. The van der Waals surface area contributed by atoms with E-state index in [4.69, 9.17) is 10.5 Å². The summed E-state index contributed by atoms with van der Waals surface area (Å²) in [5, 5.41) is 14.7. The van der Waals surface area contributed by atoms with Crippen molar-refractivity contribution in [2.45, 2.75) is 6.92 Å². The lowest BCUT2D eigenvalue weighted by molar-refractivity contribution is 0.0997. The predicted molar refractivity (Wildman–Crippen MR) is 103 cm³/mol. The zero-order chi connectivity index (χ0) is 18.5. The number of primary amides is 1. The molecule has 0 spiro atoms. The average molecular weight is 370 g/mol. The van der Waals surface area contributed by atoms with Gasteiger partial charge >= 0.3 is 0 Å². The van der Waals surface area contributed by atoms with Crippen LogP contribution in [0.1, 0.15) is 22.8 Å². The lowest BCUT2D eigenvalue weighted by Crippen LogP contribution is -2.25. The number of benzene rings is 2. The second kappa shape index (κ2) is 7.92. The smallest absolute Gasteiger partial charge is 0.252 e. The monoisotopic (exact) mass is 370 g/mol. The minimum atomic E-state index is -0.681. The first-order chi connectivity index (χ1) is 12.6. The minimum absolute atomic E-state index is 0.0732. The third kappa shape index (κ3) is 4.15. The quantitative estimate of drug-likeness (QED) is 0.749. The van der Waals surface area contributed by atoms with Crippen molar-refractivity contribution in [1.29, 1.82) is 0 Å². The molecule has 8 heteroatoms. The van der Waals surface area contributed by atoms with Crippen molar-refractivity contribution in [3.63, 3.8) is 0 Å². The molecule has 0 aliphatic carbocycles. The number of rotatable bonds is 5. The molecular formula is C18H18N4O3S. The van der Waals surface area contributed by atoms with Crippen LogP contribution in [0.4, 0.5) is 5.69 Å². The topological polar surface area (TPSA) is 109 Å². The highest BCUT2D eigenvalue weighted by Gasteiger charge is 2.16. The van der Waals surface area contributed by atoms with Crippen molar-refractivity contribution in [2.75, 3.05) is 12.4 Å². The van der Waals surface area contributed by atoms with E-state index in [9.17, 15) is 9.90 Å². The first kappa shape index (κ1) is 17.8. The molecule has 0 fully saturated rings. The van der Waals surface area contributed by atoms with Crippen LogP contribution >= 0.6 is 11.8 Å². The van der Waals surface area contributed by atoms with Gasteiger partial charge in [0.1, 0.15) is 11.5 Å². The highest BCUT2D eigenvalue weighted by atomic mass is 32.2. The molecule has 134 valence electrons. The van der Waals surface area contributed by atoms with Crippen LogP contribution in [0.15, 0.2) is 52.6 Å². The lowest BCUT2D eigenvalue weighted by Gasteiger charge is -2.15. The van der Waals surface area contributed by atoms with E-state index in [0.29, 0.717) is 17.5 Å². The molecule has 4 N–H and O–H groups in total. The Balaban J connectivity index is 1.73. The summed E-state index contributed by atoms with van der Waals surface area (Å²) in [6.45, 7) is 2.56. The maximum absolute atomic E-state index is 11.4. The van der Waals surface area contributed by atoms with Gasteiger partial charge in [0.2, 0.25) is 0 Å². The number of amidine groups is 1. The fourth-order valence-electron chi connectivity index (χ4n) is 2.34. The molecule has 2 aromatic rings. The van der Waals surface area contributed by atoms with Gasteiger partial charge in [-0.3, -0.25) is 10.2 Å². The van der Waals surface area contributed by atoms with Crippen LogP contribution in [0.2, 0.25) is 0 Å². The molecule has 0 unspecified atom stereocenters. The maximum Gasteiger partial charge on any atom is 0.252 e. The van der Waals surface area contributed by atoms with E-state index in [1.54, 1.807) is 6.07 Å². The number of nitrogens with two attached hydrogens (primary N) is 1. The molecule has 1 aliphatic heterocycles. The standard InChI is InChI=1S/C18H18N4O3S/c1-2-25-13-6-4-12(5-7-13)20-18-22-21-15(10-26-18)11-3-8-16(23)14(9-11)17(19)24/h3-9,23H,2,10H2,1H3,(H2,19,24)(H,20,22). The van der Waals surface area contributed by atoms with E-state index >= 15 is 0 Å². The fraction of sp³-hybridized carbons (Fsp3) is 0.167. The Labute approximate surface area is 155 Å². The number of carbonyl (C=O) groups excluding carboxylic acids is 1. The van der Waals surface area contributed by atoms with E-state index in [1.807, 2.05) is 31.2 Å².